The van der Waals surface area contributed by atoms with Crippen LogP contribution in [0.5, 0.6) is 0 Å². The Labute approximate surface area is 218 Å². The van der Waals surface area contributed by atoms with Gasteiger partial charge in [0.05, 0.1) is 11.8 Å². The van der Waals surface area contributed by atoms with Crippen LogP contribution < -0.4 is 0 Å². The summed E-state index contributed by atoms with van der Waals surface area (Å²) in [4.78, 5) is 0. The van der Waals surface area contributed by atoms with Crippen LogP contribution in [0.25, 0.3) is 0 Å². The van der Waals surface area contributed by atoms with Gasteiger partial charge in [-0.3, -0.25) is 0 Å². The number of rotatable bonds is 3. The Morgan fingerprint density at radius 3 is 2.47 bits per heavy atom. The van der Waals surface area contributed by atoms with Crippen LogP contribution >= 0.6 is 0 Å². The van der Waals surface area contributed by atoms with Gasteiger partial charge in [0.25, 0.3) is 0 Å². The zero-order valence-corrected chi connectivity index (χ0v) is 23.0. The molecule has 7 rings (SSSR count). The van der Waals surface area contributed by atoms with Gasteiger partial charge >= 0.3 is 0 Å². The fourth-order valence-corrected chi connectivity index (χ4v) is 10.3. The van der Waals surface area contributed by atoms with Gasteiger partial charge in [-0.15, -0.1) is 0 Å². The van der Waals surface area contributed by atoms with E-state index >= 15 is 0 Å². The molecule has 5 nitrogen and oxygen atoms in total. The summed E-state index contributed by atoms with van der Waals surface area (Å²) in [5.41, 5.74) is 3.67. The van der Waals surface area contributed by atoms with Gasteiger partial charge < -0.3 is 14.2 Å². The lowest BCUT2D eigenvalue weighted by atomic mass is 9.44. The molecule has 0 unspecified atom stereocenters. The third-order valence-corrected chi connectivity index (χ3v) is 12.5. The molecule has 2 saturated heterocycles. The van der Waals surface area contributed by atoms with E-state index in [1.807, 2.05) is 0 Å². The maximum atomic E-state index is 6.89. The van der Waals surface area contributed by atoms with Gasteiger partial charge in [-0.25, -0.2) is 4.68 Å². The summed E-state index contributed by atoms with van der Waals surface area (Å²) in [6.07, 6.45) is 19.9. The minimum absolute atomic E-state index is 0.0201. The Morgan fingerprint density at radius 1 is 0.889 bits per heavy atom. The van der Waals surface area contributed by atoms with E-state index in [0.29, 0.717) is 5.41 Å². The van der Waals surface area contributed by atoms with Gasteiger partial charge in [0.15, 0.2) is 6.29 Å². The summed E-state index contributed by atoms with van der Waals surface area (Å²) < 4.78 is 21.4. The molecule has 5 heteroatoms. The fourth-order valence-electron chi connectivity index (χ4n) is 10.3. The summed E-state index contributed by atoms with van der Waals surface area (Å²) in [5.74, 6) is 3.27. The molecule has 4 aliphatic carbocycles. The Morgan fingerprint density at radius 2 is 1.69 bits per heavy atom. The second-order valence-corrected chi connectivity index (χ2v) is 14.1. The van der Waals surface area contributed by atoms with Crippen molar-refractivity contribution in [2.45, 2.75) is 129 Å². The maximum absolute atomic E-state index is 6.89. The molecule has 0 spiro atoms. The van der Waals surface area contributed by atoms with Crippen LogP contribution in [-0.2, 0) is 27.1 Å². The molecule has 1 aromatic heterocycles. The number of fused-ring (bicyclic) bond motifs is 6. The molecule has 3 heterocycles. The molecule has 200 valence electrons. The highest BCUT2D eigenvalue weighted by Crippen LogP contribution is 2.68. The lowest BCUT2D eigenvalue weighted by Crippen LogP contribution is -2.57. The van der Waals surface area contributed by atoms with Crippen LogP contribution in [0.15, 0.2) is 6.20 Å². The normalized spacial score (nSPS) is 48.5. The highest BCUT2D eigenvalue weighted by molar-refractivity contribution is 5.27. The van der Waals surface area contributed by atoms with Crippen LogP contribution in [0.1, 0.15) is 115 Å². The predicted molar refractivity (Wildman–Crippen MR) is 139 cm³/mol. The summed E-state index contributed by atoms with van der Waals surface area (Å²) in [5, 5.41) is 4.92. The number of nitrogens with zero attached hydrogens (tertiary/aromatic N) is 2. The van der Waals surface area contributed by atoms with E-state index in [1.54, 1.807) is 0 Å². The molecule has 5 fully saturated rings. The molecule has 2 aliphatic heterocycles. The zero-order chi connectivity index (χ0) is 24.5. The van der Waals surface area contributed by atoms with Crippen molar-refractivity contribution in [2.75, 3.05) is 13.2 Å². The number of hydrogen-bond donors (Lipinski definition) is 0. The van der Waals surface area contributed by atoms with E-state index in [9.17, 15) is 0 Å². The second kappa shape index (κ2) is 8.81. The van der Waals surface area contributed by atoms with Crippen molar-refractivity contribution in [3.63, 3.8) is 0 Å². The highest BCUT2D eigenvalue weighted by Gasteiger charge is 2.64. The first-order valence-electron chi connectivity index (χ1n) is 15.4. The van der Waals surface area contributed by atoms with E-state index in [0.717, 1.165) is 49.7 Å². The maximum Gasteiger partial charge on any atom is 0.158 e. The van der Waals surface area contributed by atoms with E-state index in [4.69, 9.17) is 19.3 Å². The largest absolute Gasteiger partial charge is 0.357 e. The van der Waals surface area contributed by atoms with Gasteiger partial charge in [-0.1, -0.05) is 13.8 Å². The second-order valence-electron chi connectivity index (χ2n) is 14.1. The minimum Gasteiger partial charge on any atom is -0.357 e. The lowest BCUT2D eigenvalue weighted by molar-refractivity contribution is -0.257. The summed E-state index contributed by atoms with van der Waals surface area (Å²) in [6.45, 7) is 9.45. The third kappa shape index (κ3) is 3.54. The lowest BCUT2D eigenvalue weighted by Gasteiger charge is -2.61. The summed E-state index contributed by atoms with van der Waals surface area (Å²) in [6, 6.07) is 0. The fraction of sp³-hybridized carbons (Fsp3) is 0.903. The summed E-state index contributed by atoms with van der Waals surface area (Å²) >= 11 is 0. The van der Waals surface area contributed by atoms with E-state index in [-0.39, 0.29) is 23.5 Å². The molecule has 6 aliphatic rings. The van der Waals surface area contributed by atoms with Crippen LogP contribution in [0.4, 0.5) is 0 Å². The smallest absolute Gasteiger partial charge is 0.158 e. The molecular weight excluding hydrogens is 448 g/mol. The quantitative estimate of drug-likeness (QED) is 0.459. The van der Waals surface area contributed by atoms with Crippen molar-refractivity contribution < 1.29 is 14.2 Å². The van der Waals surface area contributed by atoms with Crippen LogP contribution in [0.2, 0.25) is 0 Å². The van der Waals surface area contributed by atoms with Crippen molar-refractivity contribution in [2.24, 2.45) is 34.5 Å². The van der Waals surface area contributed by atoms with E-state index < -0.39 is 0 Å². The third-order valence-electron chi connectivity index (χ3n) is 12.5. The minimum atomic E-state index is -0.0384. The number of aromatic nitrogens is 2. The molecule has 9 atom stereocenters. The van der Waals surface area contributed by atoms with E-state index in [2.05, 4.69) is 31.6 Å². The monoisotopic (exact) mass is 496 g/mol. The van der Waals surface area contributed by atoms with Crippen LogP contribution in [0.3, 0.4) is 0 Å². The highest BCUT2D eigenvalue weighted by atomic mass is 16.7. The Hall–Kier alpha value is -0.910. The predicted octanol–water partition coefficient (Wildman–Crippen LogP) is 6.84. The first-order chi connectivity index (χ1) is 17.4. The van der Waals surface area contributed by atoms with Crippen molar-refractivity contribution in [1.82, 2.24) is 9.78 Å². The molecule has 0 radical (unpaired) electrons. The van der Waals surface area contributed by atoms with Gasteiger partial charge in [-0.05, 0) is 137 Å². The molecule has 0 amide bonds. The van der Waals surface area contributed by atoms with Crippen molar-refractivity contribution in [3.05, 3.63) is 17.5 Å². The Balaban J connectivity index is 1.12. The topological polar surface area (TPSA) is 45.5 Å². The van der Waals surface area contributed by atoms with Gasteiger partial charge in [0.2, 0.25) is 0 Å². The van der Waals surface area contributed by atoms with Gasteiger partial charge in [0, 0.05) is 18.9 Å². The summed E-state index contributed by atoms with van der Waals surface area (Å²) in [7, 11) is 0. The standard InChI is InChI=1S/C31H48N2O3/c1-29-19-21-20-32-33(27-8-4-6-16-34-27)26(21)18-22(29)10-11-23-24(29)12-14-30(2)25(23)13-15-31(30,3)36-28-9-5-7-17-35-28/h20,22-25,27-28H,4-19H2,1-3H3/t22-,23+,24-,25-,27+,28+,29-,30-,31-/m0/s1. The SMILES string of the molecule is C[C@]12Cc3cnn([C@H]4CCCCO4)c3C[C@@H]1CC[C@@H]1[C@@H]2CC[C@@]2(C)[C@H]1CC[C@]2(C)O[C@@H]1CCCCO1. The molecule has 0 N–H and O–H groups in total. The molecule has 0 aromatic carbocycles. The van der Waals surface area contributed by atoms with Gasteiger partial charge in [-0.2, -0.15) is 5.10 Å². The van der Waals surface area contributed by atoms with Crippen molar-refractivity contribution >= 4 is 0 Å². The number of hydrogen-bond acceptors (Lipinski definition) is 4. The van der Waals surface area contributed by atoms with Gasteiger partial charge in [0.1, 0.15) is 6.23 Å². The van der Waals surface area contributed by atoms with E-state index in [1.165, 1.54) is 88.3 Å². The Kier molecular flexibility index (Phi) is 5.91. The van der Waals surface area contributed by atoms with Crippen LogP contribution in [0, 0.1) is 34.5 Å². The molecule has 0 bridgehead atoms. The number of ether oxygens (including phenoxy) is 3. The Bertz CT molecular complexity index is 965. The van der Waals surface area contributed by atoms with Crippen LogP contribution in [-0.4, -0.2) is 34.9 Å². The first-order valence-corrected chi connectivity index (χ1v) is 15.4. The van der Waals surface area contributed by atoms with Crippen molar-refractivity contribution in [3.8, 4) is 0 Å². The molecule has 36 heavy (non-hydrogen) atoms. The molecule has 3 saturated carbocycles. The molecule has 1 aromatic rings. The zero-order valence-electron chi connectivity index (χ0n) is 23.0. The first kappa shape index (κ1) is 24.2. The average molecular weight is 497 g/mol. The average Bonchev–Trinajstić information content (AvgIpc) is 3.41. The van der Waals surface area contributed by atoms with Crippen molar-refractivity contribution in [1.29, 1.82) is 0 Å². The molecular formula is C31H48N2O3.